The summed E-state index contributed by atoms with van der Waals surface area (Å²) in [5.74, 6) is -0.236. The molecular formula is C9H10N2O2. The molecule has 1 rings (SSSR count). The molecule has 68 valence electrons. The van der Waals surface area contributed by atoms with Crippen molar-refractivity contribution in [1.82, 2.24) is 4.57 Å². The molecule has 0 atom stereocenters. The molecule has 0 aliphatic heterocycles. The van der Waals surface area contributed by atoms with Crippen LogP contribution in [0.1, 0.15) is 12.1 Å². The first-order valence-corrected chi connectivity index (χ1v) is 3.92. The van der Waals surface area contributed by atoms with Crippen LogP contribution < -0.4 is 5.43 Å². The first kappa shape index (κ1) is 9.33. The summed E-state index contributed by atoms with van der Waals surface area (Å²) in [5, 5.41) is 17.6. The van der Waals surface area contributed by atoms with Crippen LogP contribution in [0.5, 0.6) is 5.75 Å². The van der Waals surface area contributed by atoms with Gasteiger partial charge >= 0.3 is 0 Å². The maximum Gasteiger partial charge on any atom is 0.223 e. The summed E-state index contributed by atoms with van der Waals surface area (Å²) in [6.07, 6.45) is 1.94. The lowest BCUT2D eigenvalue weighted by Gasteiger charge is -2.08. The van der Waals surface area contributed by atoms with E-state index in [1.807, 2.05) is 6.07 Å². The van der Waals surface area contributed by atoms with Crippen molar-refractivity contribution in [3.63, 3.8) is 0 Å². The fourth-order valence-corrected chi connectivity index (χ4v) is 1.08. The van der Waals surface area contributed by atoms with Crippen LogP contribution in [-0.4, -0.2) is 9.67 Å². The first-order chi connectivity index (χ1) is 6.16. The highest BCUT2D eigenvalue weighted by molar-refractivity contribution is 5.25. The Balaban J connectivity index is 3.05. The predicted molar refractivity (Wildman–Crippen MR) is 47.3 cm³/mol. The molecule has 0 fully saturated rings. The monoisotopic (exact) mass is 178 g/mol. The molecule has 4 nitrogen and oxygen atoms in total. The Morgan fingerprint density at radius 2 is 2.38 bits per heavy atom. The summed E-state index contributed by atoms with van der Waals surface area (Å²) in [7, 11) is 0. The number of pyridine rings is 1. The van der Waals surface area contributed by atoms with Gasteiger partial charge in [-0.1, -0.05) is 0 Å². The molecule has 1 N–H and O–H groups in total. The summed E-state index contributed by atoms with van der Waals surface area (Å²) in [6.45, 7) is 2.14. The Kier molecular flexibility index (Phi) is 2.70. The molecule has 13 heavy (non-hydrogen) atoms. The van der Waals surface area contributed by atoms with Crippen LogP contribution >= 0.6 is 0 Å². The minimum atomic E-state index is -0.384. The molecule has 1 aromatic heterocycles. The van der Waals surface area contributed by atoms with Gasteiger partial charge in [0.1, 0.15) is 0 Å². The van der Waals surface area contributed by atoms with E-state index in [1.54, 1.807) is 17.7 Å². The Labute approximate surface area is 75.7 Å². The molecule has 0 saturated heterocycles. The average Bonchev–Trinajstić information content (AvgIpc) is 2.13. The van der Waals surface area contributed by atoms with E-state index in [1.165, 1.54) is 6.07 Å². The molecule has 0 aliphatic rings. The number of hydrogen-bond acceptors (Lipinski definition) is 3. The van der Waals surface area contributed by atoms with Gasteiger partial charge in [0.15, 0.2) is 5.75 Å². The van der Waals surface area contributed by atoms with E-state index >= 15 is 0 Å². The third-order valence-corrected chi connectivity index (χ3v) is 1.88. The van der Waals surface area contributed by atoms with E-state index in [-0.39, 0.29) is 11.2 Å². The normalized spacial score (nSPS) is 9.54. The van der Waals surface area contributed by atoms with Crippen molar-refractivity contribution in [3.8, 4) is 11.8 Å². The van der Waals surface area contributed by atoms with Crippen molar-refractivity contribution in [1.29, 1.82) is 5.26 Å². The lowest BCUT2D eigenvalue weighted by atomic mass is 10.3. The van der Waals surface area contributed by atoms with Gasteiger partial charge in [0.2, 0.25) is 5.43 Å². The van der Waals surface area contributed by atoms with Gasteiger partial charge in [0.25, 0.3) is 0 Å². The van der Waals surface area contributed by atoms with Gasteiger partial charge in [-0.25, -0.2) is 0 Å². The molecular weight excluding hydrogens is 168 g/mol. The van der Waals surface area contributed by atoms with Gasteiger partial charge < -0.3 is 9.67 Å². The van der Waals surface area contributed by atoms with Crippen LogP contribution in [-0.2, 0) is 6.54 Å². The van der Waals surface area contributed by atoms with Crippen molar-refractivity contribution in [2.24, 2.45) is 0 Å². The molecule has 4 heteroatoms. The number of aromatic nitrogens is 1. The molecule has 0 unspecified atom stereocenters. The van der Waals surface area contributed by atoms with Crippen LogP contribution in [0.3, 0.4) is 0 Å². The third kappa shape index (κ3) is 1.88. The van der Waals surface area contributed by atoms with Gasteiger partial charge in [-0.2, -0.15) is 5.26 Å². The predicted octanol–water partition coefficient (Wildman–Crippen LogP) is 0.776. The summed E-state index contributed by atoms with van der Waals surface area (Å²) in [5.41, 5.74) is 0.119. The van der Waals surface area contributed by atoms with Crippen LogP contribution in [0.15, 0.2) is 17.1 Å². The van der Waals surface area contributed by atoms with Gasteiger partial charge in [0, 0.05) is 18.8 Å². The quantitative estimate of drug-likeness (QED) is 0.727. The fourth-order valence-electron chi connectivity index (χ4n) is 1.08. The number of aromatic hydroxyl groups is 1. The number of aryl methyl sites for hydroxylation is 1. The van der Waals surface area contributed by atoms with E-state index in [0.717, 1.165) is 0 Å². The Morgan fingerprint density at radius 1 is 1.69 bits per heavy atom. The minimum Gasteiger partial charge on any atom is -0.503 e. The van der Waals surface area contributed by atoms with Gasteiger partial charge in [-0.05, 0) is 6.92 Å². The lowest BCUT2D eigenvalue weighted by molar-refractivity contribution is 0.453. The van der Waals surface area contributed by atoms with Gasteiger partial charge in [-0.3, -0.25) is 4.79 Å². The largest absolute Gasteiger partial charge is 0.503 e. The molecule has 0 bridgehead atoms. The molecule has 0 saturated carbocycles. The molecule has 0 aliphatic carbocycles. The summed E-state index contributed by atoms with van der Waals surface area (Å²) in [6, 6.07) is 3.29. The fraction of sp³-hybridized carbons (Fsp3) is 0.333. The topological polar surface area (TPSA) is 66.0 Å². The highest BCUT2D eigenvalue weighted by Gasteiger charge is 2.03. The van der Waals surface area contributed by atoms with E-state index in [2.05, 4.69) is 0 Å². The average molecular weight is 178 g/mol. The minimum absolute atomic E-state index is 0.236. The second-order valence-electron chi connectivity index (χ2n) is 2.72. The smallest absolute Gasteiger partial charge is 0.223 e. The molecule has 1 heterocycles. The number of nitriles is 1. The maximum atomic E-state index is 10.9. The van der Waals surface area contributed by atoms with Crippen LogP contribution in [0, 0.1) is 18.3 Å². The van der Waals surface area contributed by atoms with E-state index in [9.17, 15) is 9.90 Å². The van der Waals surface area contributed by atoms with Crippen LogP contribution in [0.25, 0.3) is 0 Å². The second-order valence-corrected chi connectivity index (χ2v) is 2.72. The van der Waals surface area contributed by atoms with Crippen molar-refractivity contribution >= 4 is 0 Å². The molecule has 0 amide bonds. The van der Waals surface area contributed by atoms with Crippen molar-refractivity contribution in [2.45, 2.75) is 19.9 Å². The highest BCUT2D eigenvalue weighted by Crippen LogP contribution is 2.09. The molecule has 0 aromatic carbocycles. The number of nitrogens with zero attached hydrogens (tertiary/aromatic N) is 2. The first-order valence-electron chi connectivity index (χ1n) is 3.92. The van der Waals surface area contributed by atoms with Gasteiger partial charge in [0.05, 0.1) is 18.2 Å². The number of hydrogen-bond donors (Lipinski definition) is 1. The summed E-state index contributed by atoms with van der Waals surface area (Å²) in [4.78, 5) is 10.9. The van der Waals surface area contributed by atoms with E-state index in [0.29, 0.717) is 18.7 Å². The van der Waals surface area contributed by atoms with Crippen LogP contribution in [0.2, 0.25) is 0 Å². The zero-order valence-corrected chi connectivity index (χ0v) is 7.32. The second kappa shape index (κ2) is 3.76. The van der Waals surface area contributed by atoms with E-state index in [4.69, 9.17) is 5.26 Å². The Hall–Kier alpha value is -1.76. The Bertz CT molecular complexity index is 401. The zero-order valence-electron chi connectivity index (χ0n) is 7.32. The molecule has 0 spiro atoms. The number of rotatable bonds is 2. The SMILES string of the molecule is Cc1c(O)c(=O)ccn1CCC#N. The third-order valence-electron chi connectivity index (χ3n) is 1.88. The van der Waals surface area contributed by atoms with Crippen molar-refractivity contribution in [3.05, 3.63) is 28.2 Å². The molecule has 1 aromatic rings. The Morgan fingerprint density at radius 3 is 3.00 bits per heavy atom. The standard InChI is InChI=1S/C9H10N2O2/c1-7-9(13)8(12)3-6-11(7)5-2-4-10/h3,6,13H,2,5H2,1H3. The van der Waals surface area contributed by atoms with Crippen LogP contribution in [0.4, 0.5) is 0 Å². The highest BCUT2D eigenvalue weighted by atomic mass is 16.3. The zero-order chi connectivity index (χ0) is 9.84. The van der Waals surface area contributed by atoms with Crippen molar-refractivity contribution in [2.75, 3.05) is 0 Å². The lowest BCUT2D eigenvalue weighted by Crippen LogP contribution is -2.09. The summed E-state index contributed by atoms with van der Waals surface area (Å²) >= 11 is 0. The maximum absolute atomic E-state index is 10.9. The van der Waals surface area contributed by atoms with E-state index < -0.39 is 0 Å². The molecule has 0 radical (unpaired) electrons. The van der Waals surface area contributed by atoms with Crippen molar-refractivity contribution < 1.29 is 5.11 Å². The van der Waals surface area contributed by atoms with Gasteiger partial charge in [-0.15, -0.1) is 0 Å². The summed E-state index contributed by atoms with van der Waals surface area (Å²) < 4.78 is 1.68.